The number of rotatable bonds is 8. The first kappa shape index (κ1) is 20.3. The number of nitrogens with one attached hydrogen (secondary N) is 2. The molecule has 2 N–H and O–H groups in total. The second-order valence-electron chi connectivity index (χ2n) is 6.34. The molecule has 2 aromatic rings. The van der Waals surface area contributed by atoms with Crippen LogP contribution in [0.15, 0.2) is 60.7 Å². The van der Waals surface area contributed by atoms with E-state index in [9.17, 15) is 9.59 Å². The molecule has 0 fully saturated rings. The summed E-state index contributed by atoms with van der Waals surface area (Å²) in [6, 6.07) is 18.2. The summed E-state index contributed by atoms with van der Waals surface area (Å²) in [7, 11) is 0. The quantitative estimate of drug-likeness (QED) is 0.662. The lowest BCUT2D eigenvalue weighted by molar-refractivity contribution is 0.0287. The molecule has 144 valence electrons. The van der Waals surface area contributed by atoms with Gasteiger partial charge in [0, 0.05) is 16.8 Å². The van der Waals surface area contributed by atoms with Gasteiger partial charge in [-0.2, -0.15) is 0 Å². The predicted molar refractivity (Wildman–Crippen MR) is 106 cm³/mol. The standard InChI is InChI=1S/C21H26N2O4/c1-3-21(4-2,15-26-19(24)22-17-11-7-5-8-12-17)16-27-20(25)23-18-13-9-6-10-14-18/h5-14H,3-4,15-16H2,1-2H3,(H,22,24)(H,23,25). The number of carbonyl (C=O) groups is 2. The van der Waals surface area contributed by atoms with Crippen LogP contribution in [-0.4, -0.2) is 25.4 Å². The largest absolute Gasteiger partial charge is 0.449 e. The van der Waals surface area contributed by atoms with Crippen LogP contribution in [0.1, 0.15) is 26.7 Å². The van der Waals surface area contributed by atoms with Gasteiger partial charge in [-0.15, -0.1) is 0 Å². The summed E-state index contributed by atoms with van der Waals surface area (Å²) in [6.45, 7) is 4.30. The molecule has 27 heavy (non-hydrogen) atoms. The molecular formula is C21H26N2O4. The summed E-state index contributed by atoms with van der Waals surface area (Å²) in [5, 5.41) is 5.36. The zero-order valence-corrected chi connectivity index (χ0v) is 15.7. The van der Waals surface area contributed by atoms with Crippen LogP contribution in [0.25, 0.3) is 0 Å². The molecular weight excluding hydrogens is 344 g/mol. The number of hydrogen-bond donors (Lipinski definition) is 2. The van der Waals surface area contributed by atoms with Gasteiger partial charge in [0.1, 0.15) is 13.2 Å². The summed E-state index contributed by atoms with van der Waals surface area (Å²) < 4.78 is 10.8. The number of benzene rings is 2. The third-order valence-electron chi connectivity index (χ3n) is 4.56. The number of amides is 2. The summed E-state index contributed by atoms with van der Waals surface area (Å²) >= 11 is 0. The molecule has 0 spiro atoms. The van der Waals surface area contributed by atoms with Gasteiger partial charge < -0.3 is 9.47 Å². The van der Waals surface area contributed by atoms with Gasteiger partial charge in [0.15, 0.2) is 0 Å². The van der Waals surface area contributed by atoms with Gasteiger partial charge in [0.25, 0.3) is 0 Å². The fourth-order valence-electron chi connectivity index (χ4n) is 2.49. The van der Waals surface area contributed by atoms with Crippen LogP contribution >= 0.6 is 0 Å². The monoisotopic (exact) mass is 370 g/mol. The van der Waals surface area contributed by atoms with E-state index in [1.807, 2.05) is 50.2 Å². The summed E-state index contributed by atoms with van der Waals surface area (Å²) in [5.74, 6) is 0. The smallest absolute Gasteiger partial charge is 0.411 e. The van der Waals surface area contributed by atoms with Gasteiger partial charge in [-0.25, -0.2) is 9.59 Å². The Morgan fingerprint density at radius 2 is 1.11 bits per heavy atom. The Kier molecular flexibility index (Phi) is 7.67. The molecule has 0 aliphatic rings. The van der Waals surface area contributed by atoms with Gasteiger partial charge in [-0.05, 0) is 37.1 Å². The van der Waals surface area contributed by atoms with Crippen molar-refractivity contribution in [2.75, 3.05) is 23.8 Å². The van der Waals surface area contributed by atoms with Crippen molar-refractivity contribution in [2.24, 2.45) is 5.41 Å². The maximum absolute atomic E-state index is 12.0. The highest BCUT2D eigenvalue weighted by atomic mass is 16.6. The van der Waals surface area contributed by atoms with Gasteiger partial charge in [-0.3, -0.25) is 10.6 Å². The van der Waals surface area contributed by atoms with E-state index < -0.39 is 17.6 Å². The second-order valence-corrected chi connectivity index (χ2v) is 6.34. The van der Waals surface area contributed by atoms with Crippen LogP contribution in [0, 0.1) is 5.41 Å². The third kappa shape index (κ3) is 6.66. The molecule has 0 unspecified atom stereocenters. The molecule has 0 saturated carbocycles. The molecule has 0 heterocycles. The molecule has 0 aliphatic carbocycles. The highest BCUT2D eigenvalue weighted by molar-refractivity contribution is 5.85. The van der Waals surface area contributed by atoms with E-state index in [4.69, 9.17) is 9.47 Å². The molecule has 0 bridgehead atoms. The van der Waals surface area contributed by atoms with Gasteiger partial charge in [0.05, 0.1) is 0 Å². The van der Waals surface area contributed by atoms with Crippen molar-refractivity contribution >= 4 is 23.6 Å². The SMILES string of the molecule is CCC(CC)(COC(=O)Nc1ccccc1)COC(=O)Nc1ccccc1. The normalized spacial score (nSPS) is 10.7. The Balaban J connectivity index is 1.84. The molecule has 0 aliphatic heterocycles. The molecule has 2 aromatic carbocycles. The van der Waals surface area contributed by atoms with Crippen LogP contribution in [0.5, 0.6) is 0 Å². The minimum Gasteiger partial charge on any atom is -0.449 e. The molecule has 6 heteroatoms. The summed E-state index contributed by atoms with van der Waals surface area (Å²) in [4.78, 5) is 24.0. The first-order valence-electron chi connectivity index (χ1n) is 9.04. The van der Waals surface area contributed by atoms with Crippen LogP contribution < -0.4 is 10.6 Å². The lowest BCUT2D eigenvalue weighted by Crippen LogP contribution is -2.35. The van der Waals surface area contributed by atoms with E-state index in [2.05, 4.69) is 10.6 Å². The van der Waals surface area contributed by atoms with E-state index in [-0.39, 0.29) is 13.2 Å². The lowest BCUT2D eigenvalue weighted by atomic mass is 9.84. The fourth-order valence-corrected chi connectivity index (χ4v) is 2.49. The van der Waals surface area contributed by atoms with Crippen molar-refractivity contribution in [1.29, 1.82) is 0 Å². The van der Waals surface area contributed by atoms with Crippen molar-refractivity contribution in [2.45, 2.75) is 26.7 Å². The Labute approximate surface area is 159 Å². The van der Waals surface area contributed by atoms with Gasteiger partial charge in [-0.1, -0.05) is 50.2 Å². The van der Waals surface area contributed by atoms with E-state index in [0.29, 0.717) is 24.2 Å². The molecule has 2 rings (SSSR count). The molecule has 0 saturated heterocycles. The molecule has 2 amide bonds. The van der Waals surface area contributed by atoms with Crippen molar-refractivity contribution in [1.82, 2.24) is 0 Å². The Morgan fingerprint density at radius 1 is 0.741 bits per heavy atom. The van der Waals surface area contributed by atoms with E-state index in [0.717, 1.165) is 0 Å². The van der Waals surface area contributed by atoms with Crippen molar-refractivity contribution < 1.29 is 19.1 Å². The number of hydrogen-bond acceptors (Lipinski definition) is 4. The molecule has 0 radical (unpaired) electrons. The Hall–Kier alpha value is -3.02. The lowest BCUT2D eigenvalue weighted by Gasteiger charge is -2.30. The first-order valence-corrected chi connectivity index (χ1v) is 9.04. The zero-order valence-electron chi connectivity index (χ0n) is 15.7. The van der Waals surface area contributed by atoms with Crippen LogP contribution in [0.2, 0.25) is 0 Å². The third-order valence-corrected chi connectivity index (χ3v) is 4.56. The fraction of sp³-hybridized carbons (Fsp3) is 0.333. The van der Waals surface area contributed by atoms with E-state index in [1.54, 1.807) is 24.3 Å². The van der Waals surface area contributed by atoms with Crippen molar-refractivity contribution in [3.63, 3.8) is 0 Å². The maximum atomic E-state index is 12.0. The van der Waals surface area contributed by atoms with Crippen LogP contribution in [0.3, 0.4) is 0 Å². The zero-order chi connectivity index (χ0) is 19.5. The molecule has 0 aromatic heterocycles. The Morgan fingerprint density at radius 3 is 1.44 bits per heavy atom. The highest BCUT2D eigenvalue weighted by Crippen LogP contribution is 2.27. The first-order chi connectivity index (χ1) is 13.1. The van der Waals surface area contributed by atoms with Crippen molar-refractivity contribution in [3.8, 4) is 0 Å². The predicted octanol–water partition coefficient (Wildman–Crippen LogP) is 5.29. The minimum absolute atomic E-state index is 0.164. The average molecular weight is 370 g/mol. The molecule has 0 atom stereocenters. The average Bonchev–Trinajstić information content (AvgIpc) is 2.70. The maximum Gasteiger partial charge on any atom is 0.411 e. The summed E-state index contributed by atoms with van der Waals surface area (Å²) in [5.41, 5.74) is 0.904. The minimum atomic E-state index is -0.527. The number of carbonyl (C=O) groups excluding carboxylic acids is 2. The van der Waals surface area contributed by atoms with Crippen LogP contribution in [-0.2, 0) is 9.47 Å². The topological polar surface area (TPSA) is 76.7 Å². The number of ether oxygens (including phenoxy) is 2. The highest BCUT2D eigenvalue weighted by Gasteiger charge is 2.30. The molecule has 6 nitrogen and oxygen atoms in total. The van der Waals surface area contributed by atoms with Gasteiger partial charge >= 0.3 is 12.2 Å². The number of para-hydroxylation sites is 2. The second kappa shape index (κ2) is 10.2. The van der Waals surface area contributed by atoms with Gasteiger partial charge in [0.2, 0.25) is 0 Å². The van der Waals surface area contributed by atoms with E-state index in [1.165, 1.54) is 0 Å². The number of anilines is 2. The summed E-state index contributed by atoms with van der Waals surface area (Å²) in [6.07, 6.45) is 0.365. The van der Waals surface area contributed by atoms with E-state index >= 15 is 0 Å². The Bertz CT molecular complexity index is 656. The van der Waals surface area contributed by atoms with Crippen LogP contribution in [0.4, 0.5) is 21.0 Å². The van der Waals surface area contributed by atoms with Crippen molar-refractivity contribution in [3.05, 3.63) is 60.7 Å².